The summed E-state index contributed by atoms with van der Waals surface area (Å²) in [5.41, 5.74) is 3.74. The zero-order valence-corrected chi connectivity index (χ0v) is 13.6. The van der Waals surface area contributed by atoms with E-state index in [2.05, 4.69) is 47.1 Å². The third-order valence-electron chi connectivity index (χ3n) is 4.09. The predicted molar refractivity (Wildman–Crippen MR) is 87.9 cm³/mol. The lowest BCUT2D eigenvalue weighted by Crippen LogP contribution is -2.26. The number of rotatable bonds is 3. The Hall–Kier alpha value is -1.61. The van der Waals surface area contributed by atoms with Crippen LogP contribution in [0.1, 0.15) is 36.0 Å². The Morgan fingerprint density at radius 1 is 1.14 bits per heavy atom. The third-order valence-corrected chi connectivity index (χ3v) is 4.59. The van der Waals surface area contributed by atoms with Gasteiger partial charge in [0, 0.05) is 24.0 Å². The van der Waals surface area contributed by atoms with Gasteiger partial charge in [0.1, 0.15) is 0 Å². The summed E-state index contributed by atoms with van der Waals surface area (Å²) in [7, 11) is 0. The van der Waals surface area contributed by atoms with E-state index in [0.29, 0.717) is 6.42 Å². The minimum absolute atomic E-state index is 0.235. The van der Waals surface area contributed by atoms with Crippen molar-refractivity contribution < 1.29 is 4.79 Å². The molecule has 0 bridgehead atoms. The van der Waals surface area contributed by atoms with E-state index in [0.717, 1.165) is 17.6 Å². The van der Waals surface area contributed by atoms with E-state index in [9.17, 15) is 4.79 Å². The van der Waals surface area contributed by atoms with Gasteiger partial charge >= 0.3 is 0 Å². The molecule has 0 fully saturated rings. The second kappa shape index (κ2) is 6.02. The summed E-state index contributed by atoms with van der Waals surface area (Å²) >= 11 is 3.49. The monoisotopic (exact) mass is 343 g/mol. The average molecular weight is 344 g/mol. The quantitative estimate of drug-likeness (QED) is 0.804. The average Bonchev–Trinajstić information content (AvgIpc) is 2.91. The van der Waals surface area contributed by atoms with Crippen molar-refractivity contribution in [3.8, 4) is 0 Å². The molecule has 1 unspecified atom stereocenters. The van der Waals surface area contributed by atoms with Crippen LogP contribution in [0.2, 0.25) is 0 Å². The molecule has 1 aliphatic heterocycles. The largest absolute Gasteiger partial charge is 0.334 e. The molecule has 0 N–H and O–H groups in total. The topological polar surface area (TPSA) is 20.3 Å². The Morgan fingerprint density at radius 2 is 1.86 bits per heavy atom. The Labute approximate surface area is 133 Å². The van der Waals surface area contributed by atoms with Gasteiger partial charge in [0.25, 0.3) is 0 Å². The van der Waals surface area contributed by atoms with Crippen LogP contribution in [0.5, 0.6) is 0 Å². The van der Waals surface area contributed by atoms with Gasteiger partial charge in [-0.2, -0.15) is 0 Å². The Kier molecular flexibility index (Phi) is 4.11. The number of hydrogen-bond donors (Lipinski definition) is 0. The molecule has 2 aromatic rings. The van der Waals surface area contributed by atoms with E-state index in [1.165, 1.54) is 16.7 Å². The van der Waals surface area contributed by atoms with Gasteiger partial charge in [-0.25, -0.2) is 0 Å². The number of fused-ring (bicyclic) bond motifs is 1. The SMILES string of the molecule is CC(CC(=O)N1Cc2ccc(Br)cc2C1)c1ccccc1. The maximum atomic E-state index is 12.5. The molecule has 0 aliphatic carbocycles. The van der Waals surface area contributed by atoms with Crippen molar-refractivity contribution in [2.24, 2.45) is 0 Å². The number of carbonyl (C=O) groups excluding carboxylic acids is 1. The minimum atomic E-state index is 0.235. The van der Waals surface area contributed by atoms with Crippen molar-refractivity contribution >= 4 is 21.8 Å². The van der Waals surface area contributed by atoms with Crippen molar-refractivity contribution in [2.45, 2.75) is 32.4 Å². The lowest BCUT2D eigenvalue weighted by Gasteiger charge is -2.18. The number of benzene rings is 2. The van der Waals surface area contributed by atoms with Crippen molar-refractivity contribution in [3.63, 3.8) is 0 Å². The summed E-state index contributed by atoms with van der Waals surface area (Å²) in [6, 6.07) is 16.5. The Morgan fingerprint density at radius 3 is 2.62 bits per heavy atom. The molecule has 0 saturated carbocycles. The van der Waals surface area contributed by atoms with E-state index in [1.807, 2.05) is 29.2 Å². The second-order valence-corrected chi connectivity index (χ2v) is 6.59. The van der Waals surface area contributed by atoms with Crippen LogP contribution < -0.4 is 0 Å². The number of amides is 1. The van der Waals surface area contributed by atoms with Crippen LogP contribution in [-0.2, 0) is 17.9 Å². The molecule has 0 aromatic heterocycles. The first kappa shape index (κ1) is 14.3. The first-order chi connectivity index (χ1) is 10.1. The maximum Gasteiger partial charge on any atom is 0.223 e. The molecule has 0 radical (unpaired) electrons. The highest BCUT2D eigenvalue weighted by Crippen LogP contribution is 2.28. The van der Waals surface area contributed by atoms with Gasteiger partial charge < -0.3 is 4.90 Å². The van der Waals surface area contributed by atoms with E-state index in [4.69, 9.17) is 0 Å². The molecular weight excluding hydrogens is 326 g/mol. The first-order valence-corrected chi connectivity index (χ1v) is 8.03. The summed E-state index contributed by atoms with van der Waals surface area (Å²) < 4.78 is 1.08. The molecule has 21 heavy (non-hydrogen) atoms. The molecule has 0 saturated heterocycles. The Balaban J connectivity index is 1.65. The fourth-order valence-electron chi connectivity index (χ4n) is 2.83. The molecule has 2 nitrogen and oxygen atoms in total. The van der Waals surface area contributed by atoms with Crippen LogP contribution in [-0.4, -0.2) is 10.8 Å². The number of halogens is 1. The maximum absolute atomic E-state index is 12.5. The molecule has 0 spiro atoms. The van der Waals surface area contributed by atoms with Crippen LogP contribution >= 0.6 is 15.9 Å². The second-order valence-electron chi connectivity index (χ2n) is 5.68. The highest BCUT2D eigenvalue weighted by atomic mass is 79.9. The number of nitrogens with zero attached hydrogens (tertiary/aromatic N) is 1. The molecular formula is C18H18BrNO. The van der Waals surface area contributed by atoms with E-state index in [1.54, 1.807) is 0 Å². The zero-order chi connectivity index (χ0) is 14.8. The normalized spacial score (nSPS) is 14.9. The zero-order valence-electron chi connectivity index (χ0n) is 12.1. The van der Waals surface area contributed by atoms with Gasteiger partial charge in [0.15, 0.2) is 0 Å². The van der Waals surface area contributed by atoms with Crippen molar-refractivity contribution in [1.82, 2.24) is 4.90 Å². The molecule has 1 aliphatic rings. The minimum Gasteiger partial charge on any atom is -0.334 e. The summed E-state index contributed by atoms with van der Waals surface area (Å²) in [6.45, 7) is 3.59. The molecule has 3 rings (SSSR count). The fraction of sp³-hybridized carbons (Fsp3) is 0.278. The van der Waals surface area contributed by atoms with Gasteiger partial charge in [0.05, 0.1) is 0 Å². The van der Waals surface area contributed by atoms with Gasteiger partial charge in [0.2, 0.25) is 5.91 Å². The van der Waals surface area contributed by atoms with Gasteiger partial charge in [-0.05, 0) is 34.7 Å². The van der Waals surface area contributed by atoms with E-state index >= 15 is 0 Å². The van der Waals surface area contributed by atoms with Crippen molar-refractivity contribution in [1.29, 1.82) is 0 Å². The molecule has 3 heteroatoms. The van der Waals surface area contributed by atoms with Gasteiger partial charge in [-0.3, -0.25) is 4.79 Å². The van der Waals surface area contributed by atoms with Crippen molar-refractivity contribution in [3.05, 3.63) is 69.7 Å². The standard InChI is InChI=1S/C18H18BrNO/c1-13(14-5-3-2-4-6-14)9-18(21)20-11-15-7-8-17(19)10-16(15)12-20/h2-8,10,13H,9,11-12H2,1H3. The van der Waals surface area contributed by atoms with Gasteiger partial charge in [-0.15, -0.1) is 0 Å². The molecule has 1 atom stereocenters. The molecule has 2 aromatic carbocycles. The predicted octanol–water partition coefficient (Wildman–Crippen LogP) is 4.49. The highest BCUT2D eigenvalue weighted by Gasteiger charge is 2.24. The van der Waals surface area contributed by atoms with Gasteiger partial charge in [-0.1, -0.05) is 59.3 Å². The number of hydrogen-bond acceptors (Lipinski definition) is 1. The van der Waals surface area contributed by atoms with E-state index in [-0.39, 0.29) is 11.8 Å². The summed E-state index contributed by atoms with van der Waals surface area (Å²) in [5, 5.41) is 0. The van der Waals surface area contributed by atoms with Crippen LogP contribution in [0.25, 0.3) is 0 Å². The number of carbonyl (C=O) groups is 1. The third kappa shape index (κ3) is 3.18. The smallest absolute Gasteiger partial charge is 0.223 e. The first-order valence-electron chi connectivity index (χ1n) is 7.23. The molecule has 1 amide bonds. The lowest BCUT2D eigenvalue weighted by molar-refractivity contribution is -0.132. The Bertz CT molecular complexity index is 654. The summed E-state index contributed by atoms with van der Waals surface area (Å²) in [4.78, 5) is 14.5. The van der Waals surface area contributed by atoms with Crippen molar-refractivity contribution in [2.75, 3.05) is 0 Å². The molecule has 108 valence electrons. The highest BCUT2D eigenvalue weighted by molar-refractivity contribution is 9.10. The van der Waals surface area contributed by atoms with Crippen LogP contribution in [0, 0.1) is 0 Å². The summed E-state index contributed by atoms with van der Waals surface area (Å²) in [5.74, 6) is 0.493. The van der Waals surface area contributed by atoms with Crippen LogP contribution in [0.15, 0.2) is 53.0 Å². The van der Waals surface area contributed by atoms with Crippen LogP contribution in [0.4, 0.5) is 0 Å². The van der Waals surface area contributed by atoms with Crippen LogP contribution in [0.3, 0.4) is 0 Å². The van der Waals surface area contributed by atoms with E-state index < -0.39 is 0 Å². The lowest BCUT2D eigenvalue weighted by atomic mass is 9.97. The molecule has 1 heterocycles. The summed E-state index contributed by atoms with van der Waals surface area (Å²) in [6.07, 6.45) is 0.569. The fourth-order valence-corrected chi connectivity index (χ4v) is 3.24.